The molecule has 3 aromatic rings. The van der Waals surface area contributed by atoms with Crippen molar-refractivity contribution in [1.29, 1.82) is 0 Å². The van der Waals surface area contributed by atoms with Crippen LogP contribution in [0, 0.1) is 0 Å². The van der Waals surface area contributed by atoms with E-state index in [-0.39, 0.29) is 11.8 Å². The Morgan fingerprint density at radius 2 is 1.63 bits per heavy atom. The van der Waals surface area contributed by atoms with E-state index in [0.717, 1.165) is 33.5 Å². The van der Waals surface area contributed by atoms with Crippen molar-refractivity contribution in [3.8, 4) is 0 Å². The maximum Gasteiger partial charge on any atom is 0.285 e. The zero-order valence-electron chi connectivity index (χ0n) is 15.8. The van der Waals surface area contributed by atoms with Crippen LogP contribution in [-0.2, 0) is 9.59 Å². The molecule has 0 spiro atoms. The summed E-state index contributed by atoms with van der Waals surface area (Å²) in [5, 5.41) is 1.15. The van der Waals surface area contributed by atoms with Gasteiger partial charge in [-0.1, -0.05) is 72.4 Å². The molecule has 2 aromatic carbocycles. The first-order valence-electron chi connectivity index (χ1n) is 9.28. The number of hydrogen-bond donors (Lipinski definition) is 1. The second kappa shape index (κ2) is 9.02. The number of thiocarbonyl (C=S) groups is 1. The molecule has 0 atom stereocenters. The molecule has 2 heterocycles. The molecule has 148 valence electrons. The Kier molecular flexibility index (Phi) is 6.02. The smallest absolute Gasteiger partial charge is 0.272 e. The van der Waals surface area contributed by atoms with Crippen molar-refractivity contribution in [2.45, 2.75) is 5.92 Å². The summed E-state index contributed by atoms with van der Waals surface area (Å²) >= 11 is 6.52. The molecule has 0 bridgehead atoms. The Hall–Kier alpha value is -3.29. The maximum absolute atomic E-state index is 13.3. The van der Waals surface area contributed by atoms with Crippen molar-refractivity contribution in [2.75, 3.05) is 0 Å². The topological polar surface area (TPSA) is 63.6 Å². The Labute approximate surface area is 183 Å². The molecular weight excluding hydrogens is 414 g/mol. The standard InChI is InChI=1S/C23H17N3O2S2/c27-21(20(17-9-3-1-4-10-17)18-11-5-2-6-12-18)25-26-22(28)19(30-23(26)29)14-16-8-7-13-24-15-16/h1-15,20H,(H,25,27)/p+1. The Morgan fingerprint density at radius 3 is 2.20 bits per heavy atom. The first-order chi connectivity index (χ1) is 14.6. The van der Waals surface area contributed by atoms with Gasteiger partial charge in [-0.15, -0.1) is 0 Å². The molecule has 0 aliphatic carbocycles. The minimum absolute atomic E-state index is 0.291. The van der Waals surface area contributed by atoms with Crippen LogP contribution < -0.4 is 10.4 Å². The number of nitrogens with zero attached hydrogens (tertiary/aromatic N) is 1. The van der Waals surface area contributed by atoms with Crippen LogP contribution in [0.4, 0.5) is 0 Å². The number of rotatable bonds is 5. The third kappa shape index (κ3) is 4.32. The summed E-state index contributed by atoms with van der Waals surface area (Å²) in [5.74, 6) is -1.23. The third-order valence-electron chi connectivity index (χ3n) is 4.57. The lowest BCUT2D eigenvalue weighted by Gasteiger charge is -2.22. The van der Waals surface area contributed by atoms with Gasteiger partial charge in [0.25, 0.3) is 11.8 Å². The molecule has 1 aliphatic rings. The SMILES string of the molecule is O=C(NN1C(=O)C(=Cc2ccc[nH+]c2)SC1=S)C(c1ccccc1)c1ccccc1. The van der Waals surface area contributed by atoms with Gasteiger partial charge in [-0.3, -0.25) is 15.0 Å². The number of pyridine rings is 1. The second-order valence-corrected chi connectivity index (χ2v) is 8.26. The van der Waals surface area contributed by atoms with E-state index in [1.54, 1.807) is 18.5 Å². The zero-order valence-corrected chi connectivity index (χ0v) is 17.5. The maximum atomic E-state index is 13.3. The van der Waals surface area contributed by atoms with E-state index in [0.29, 0.717) is 9.23 Å². The highest BCUT2D eigenvalue weighted by atomic mass is 32.2. The molecule has 1 aromatic heterocycles. The minimum atomic E-state index is -0.565. The van der Waals surface area contributed by atoms with Gasteiger partial charge in [-0.05, 0) is 35.5 Å². The molecule has 4 rings (SSSR count). The molecule has 1 saturated heterocycles. The number of hydrogen-bond acceptors (Lipinski definition) is 4. The average Bonchev–Trinajstić information content (AvgIpc) is 3.03. The van der Waals surface area contributed by atoms with Crippen LogP contribution >= 0.6 is 24.0 Å². The predicted octanol–water partition coefficient (Wildman–Crippen LogP) is 3.57. The molecule has 1 aliphatic heterocycles. The van der Waals surface area contributed by atoms with E-state index >= 15 is 0 Å². The summed E-state index contributed by atoms with van der Waals surface area (Å²) < 4.78 is 0.291. The van der Waals surface area contributed by atoms with Crippen LogP contribution in [0.1, 0.15) is 22.6 Å². The average molecular weight is 433 g/mol. The van der Waals surface area contributed by atoms with Crippen molar-refractivity contribution in [3.63, 3.8) is 0 Å². The van der Waals surface area contributed by atoms with Crippen LogP contribution in [0.2, 0.25) is 0 Å². The molecular formula is C23H18N3O2S2+. The molecule has 0 saturated carbocycles. The molecule has 2 amide bonds. The summed E-state index contributed by atoms with van der Waals surface area (Å²) in [6, 6.07) is 22.7. The van der Waals surface area contributed by atoms with Gasteiger partial charge in [0.1, 0.15) is 0 Å². The predicted molar refractivity (Wildman–Crippen MR) is 121 cm³/mol. The first kappa shape index (κ1) is 20.0. The molecule has 7 heteroatoms. The Balaban J connectivity index is 1.59. The summed E-state index contributed by atoms with van der Waals surface area (Å²) in [6.45, 7) is 0. The zero-order chi connectivity index (χ0) is 20.9. The van der Waals surface area contributed by atoms with Gasteiger partial charge in [0, 0.05) is 11.6 Å². The van der Waals surface area contributed by atoms with Crippen LogP contribution in [0.3, 0.4) is 0 Å². The minimum Gasteiger partial charge on any atom is -0.272 e. The molecule has 30 heavy (non-hydrogen) atoms. The van der Waals surface area contributed by atoms with Crippen molar-refractivity contribution >= 4 is 46.2 Å². The molecule has 1 fully saturated rings. The normalized spacial score (nSPS) is 15.1. The van der Waals surface area contributed by atoms with Crippen molar-refractivity contribution in [2.24, 2.45) is 0 Å². The number of aromatic amines is 1. The quantitative estimate of drug-likeness (QED) is 0.495. The number of carbonyl (C=O) groups excluding carboxylic acids is 2. The van der Waals surface area contributed by atoms with Gasteiger partial charge in [0.15, 0.2) is 16.7 Å². The van der Waals surface area contributed by atoms with E-state index in [4.69, 9.17) is 12.2 Å². The van der Waals surface area contributed by atoms with E-state index in [1.807, 2.05) is 72.8 Å². The number of carbonyl (C=O) groups is 2. The van der Waals surface area contributed by atoms with E-state index in [9.17, 15) is 9.59 Å². The lowest BCUT2D eigenvalue weighted by Crippen LogP contribution is -2.46. The summed E-state index contributed by atoms with van der Waals surface area (Å²) in [6.07, 6.45) is 5.32. The first-order valence-corrected chi connectivity index (χ1v) is 10.5. The van der Waals surface area contributed by atoms with E-state index in [1.165, 1.54) is 0 Å². The van der Waals surface area contributed by atoms with Gasteiger partial charge in [0.2, 0.25) is 0 Å². The number of benzene rings is 2. The summed E-state index contributed by atoms with van der Waals surface area (Å²) in [7, 11) is 0. The van der Waals surface area contributed by atoms with Gasteiger partial charge < -0.3 is 0 Å². The lowest BCUT2D eigenvalue weighted by atomic mass is 9.91. The number of nitrogens with one attached hydrogen (secondary N) is 2. The van der Waals surface area contributed by atoms with Crippen molar-refractivity contribution < 1.29 is 14.6 Å². The highest BCUT2D eigenvalue weighted by Gasteiger charge is 2.35. The van der Waals surface area contributed by atoms with Crippen LogP contribution in [0.15, 0.2) is 90.1 Å². The fourth-order valence-corrected chi connectivity index (χ4v) is 4.35. The van der Waals surface area contributed by atoms with Crippen LogP contribution in [0.25, 0.3) is 6.08 Å². The second-order valence-electron chi connectivity index (χ2n) is 6.58. The van der Waals surface area contributed by atoms with Crippen molar-refractivity contribution in [3.05, 3.63) is 107 Å². The van der Waals surface area contributed by atoms with Gasteiger partial charge in [-0.25, -0.2) is 4.98 Å². The van der Waals surface area contributed by atoms with E-state index < -0.39 is 5.92 Å². The molecule has 2 N–H and O–H groups in total. The highest BCUT2D eigenvalue weighted by molar-refractivity contribution is 8.26. The van der Waals surface area contributed by atoms with Gasteiger partial charge in [-0.2, -0.15) is 5.01 Å². The highest BCUT2D eigenvalue weighted by Crippen LogP contribution is 2.32. The number of thioether (sulfide) groups is 1. The number of hydrazine groups is 1. The van der Waals surface area contributed by atoms with E-state index in [2.05, 4.69) is 10.4 Å². The Bertz CT molecular complexity index is 1060. The summed E-state index contributed by atoms with van der Waals surface area (Å²) in [5.41, 5.74) is 5.24. The fourth-order valence-electron chi connectivity index (χ4n) is 3.17. The molecule has 5 nitrogen and oxygen atoms in total. The number of amides is 2. The van der Waals surface area contributed by atoms with Gasteiger partial charge >= 0.3 is 0 Å². The van der Waals surface area contributed by atoms with Crippen LogP contribution in [-0.4, -0.2) is 21.1 Å². The largest absolute Gasteiger partial charge is 0.285 e. The monoisotopic (exact) mass is 432 g/mol. The lowest BCUT2D eigenvalue weighted by molar-refractivity contribution is -0.378. The summed E-state index contributed by atoms with van der Waals surface area (Å²) in [4.78, 5) is 29.6. The third-order valence-corrected chi connectivity index (χ3v) is 5.87. The van der Waals surface area contributed by atoms with Crippen molar-refractivity contribution in [1.82, 2.24) is 10.4 Å². The number of H-pyrrole nitrogens is 1. The van der Waals surface area contributed by atoms with Gasteiger partial charge in [0.05, 0.1) is 10.8 Å². The Morgan fingerprint density at radius 1 is 1.00 bits per heavy atom. The molecule has 0 unspecified atom stereocenters. The molecule has 0 radical (unpaired) electrons. The number of aromatic nitrogens is 1. The van der Waals surface area contributed by atoms with Crippen LogP contribution in [0.5, 0.6) is 0 Å². The fraction of sp³-hybridized carbons (Fsp3) is 0.0435.